The number of carboxylic acid groups (broad SMARTS) is 1. The number of β-lactam (4-membered cyclic amide) rings is 1. The zero-order valence-electron chi connectivity index (χ0n) is 12.7. The van der Waals surface area contributed by atoms with Gasteiger partial charge in [-0.3, -0.25) is 9.69 Å². The van der Waals surface area contributed by atoms with E-state index in [4.69, 9.17) is 4.74 Å². The van der Waals surface area contributed by atoms with Crippen molar-refractivity contribution in [3.8, 4) is 0 Å². The van der Waals surface area contributed by atoms with E-state index in [-0.39, 0.29) is 11.3 Å². The molecule has 0 radical (unpaired) electrons. The van der Waals surface area contributed by atoms with E-state index in [9.17, 15) is 19.8 Å². The average molecular weight is 316 g/mol. The number of aliphatic hydroxyl groups is 1. The summed E-state index contributed by atoms with van der Waals surface area (Å²) in [5.74, 6) is -1.40. The third kappa shape index (κ3) is 2.39. The molecule has 1 amide bonds. The Morgan fingerprint density at radius 1 is 1.35 bits per heavy atom. The summed E-state index contributed by atoms with van der Waals surface area (Å²) in [6.45, 7) is 2.97. The minimum atomic E-state index is -1.28. The SMILES string of the molecule is C/C(CO)=C(/C(=O)O)N1C(=O)[C@@H]2N=C(c3ccc(C)cc3)O[C@@H]21. The maximum Gasteiger partial charge on any atom is 0.352 e. The molecule has 1 aromatic carbocycles. The first kappa shape index (κ1) is 15.2. The molecule has 1 saturated heterocycles. The minimum absolute atomic E-state index is 0.191. The molecule has 2 heterocycles. The van der Waals surface area contributed by atoms with Gasteiger partial charge in [-0.25, -0.2) is 9.79 Å². The molecule has 0 saturated carbocycles. The molecule has 0 unspecified atom stereocenters. The fraction of sp³-hybridized carbons (Fsp3) is 0.312. The monoisotopic (exact) mass is 316 g/mol. The fourth-order valence-corrected chi connectivity index (χ4v) is 2.60. The highest BCUT2D eigenvalue weighted by atomic mass is 16.5. The number of aliphatic hydroxyl groups excluding tert-OH is 1. The lowest BCUT2D eigenvalue weighted by atomic mass is 10.0. The summed E-state index contributed by atoms with van der Waals surface area (Å²) in [5.41, 5.74) is 1.76. The van der Waals surface area contributed by atoms with Gasteiger partial charge in [-0.05, 0) is 31.6 Å². The number of carbonyl (C=O) groups excluding carboxylic acids is 1. The van der Waals surface area contributed by atoms with Crippen molar-refractivity contribution in [2.45, 2.75) is 26.1 Å². The Morgan fingerprint density at radius 3 is 2.57 bits per heavy atom. The first-order valence-corrected chi connectivity index (χ1v) is 7.12. The Labute approximate surface area is 132 Å². The highest BCUT2D eigenvalue weighted by molar-refractivity contribution is 6.05. The van der Waals surface area contributed by atoms with Gasteiger partial charge in [0.05, 0.1) is 6.61 Å². The predicted molar refractivity (Wildman–Crippen MR) is 80.6 cm³/mol. The lowest BCUT2D eigenvalue weighted by Crippen LogP contribution is -2.63. The zero-order valence-corrected chi connectivity index (χ0v) is 12.7. The van der Waals surface area contributed by atoms with Crippen molar-refractivity contribution in [2.24, 2.45) is 4.99 Å². The van der Waals surface area contributed by atoms with Crippen LogP contribution in [0.4, 0.5) is 0 Å². The largest absolute Gasteiger partial charge is 0.477 e. The van der Waals surface area contributed by atoms with E-state index in [2.05, 4.69) is 4.99 Å². The Kier molecular flexibility index (Phi) is 3.65. The third-order valence-corrected chi connectivity index (χ3v) is 3.89. The highest BCUT2D eigenvalue weighted by Crippen LogP contribution is 2.35. The van der Waals surface area contributed by atoms with Crippen molar-refractivity contribution in [1.29, 1.82) is 0 Å². The van der Waals surface area contributed by atoms with Crippen LogP contribution >= 0.6 is 0 Å². The molecule has 0 aliphatic carbocycles. The van der Waals surface area contributed by atoms with E-state index >= 15 is 0 Å². The van der Waals surface area contributed by atoms with Crippen LogP contribution in [0.5, 0.6) is 0 Å². The number of carbonyl (C=O) groups is 2. The molecule has 120 valence electrons. The van der Waals surface area contributed by atoms with Crippen LogP contribution in [0.25, 0.3) is 0 Å². The number of carboxylic acids is 1. The number of hydrogen-bond donors (Lipinski definition) is 2. The Hall–Kier alpha value is -2.67. The molecule has 2 aliphatic heterocycles. The zero-order chi connectivity index (χ0) is 16.7. The molecule has 7 heteroatoms. The van der Waals surface area contributed by atoms with Crippen molar-refractivity contribution >= 4 is 17.8 Å². The van der Waals surface area contributed by atoms with Crippen molar-refractivity contribution in [3.63, 3.8) is 0 Å². The number of likely N-dealkylation sites (tertiary alicyclic amines) is 1. The number of benzene rings is 1. The molecular weight excluding hydrogens is 300 g/mol. The molecular formula is C16H16N2O5. The molecule has 0 spiro atoms. The number of rotatable bonds is 4. The summed E-state index contributed by atoms with van der Waals surface area (Å²) in [6, 6.07) is 6.74. The molecule has 2 atom stereocenters. The summed E-state index contributed by atoms with van der Waals surface area (Å²) in [5, 5.41) is 18.5. The second kappa shape index (κ2) is 5.51. The number of nitrogens with zero attached hydrogens (tertiary/aromatic N) is 2. The van der Waals surface area contributed by atoms with E-state index in [0.29, 0.717) is 5.90 Å². The molecule has 1 aromatic rings. The first-order valence-electron chi connectivity index (χ1n) is 7.12. The maximum absolute atomic E-state index is 12.2. The van der Waals surface area contributed by atoms with Crippen LogP contribution in [0.2, 0.25) is 0 Å². The summed E-state index contributed by atoms with van der Waals surface area (Å²) in [6.07, 6.45) is -0.772. The first-order chi connectivity index (χ1) is 10.9. The van der Waals surface area contributed by atoms with Gasteiger partial charge in [-0.1, -0.05) is 17.7 Å². The lowest BCUT2D eigenvalue weighted by Gasteiger charge is -2.40. The molecule has 2 aliphatic rings. The second-order valence-corrected chi connectivity index (χ2v) is 5.55. The molecule has 23 heavy (non-hydrogen) atoms. The van der Waals surface area contributed by atoms with Gasteiger partial charge < -0.3 is 14.9 Å². The van der Waals surface area contributed by atoms with E-state index in [1.54, 1.807) is 0 Å². The van der Waals surface area contributed by atoms with Gasteiger partial charge in [0.1, 0.15) is 5.70 Å². The van der Waals surface area contributed by atoms with Crippen LogP contribution < -0.4 is 0 Å². The van der Waals surface area contributed by atoms with Crippen molar-refractivity contribution in [3.05, 3.63) is 46.7 Å². The molecule has 0 aromatic heterocycles. The smallest absolute Gasteiger partial charge is 0.352 e. The van der Waals surface area contributed by atoms with Gasteiger partial charge >= 0.3 is 5.97 Å². The molecule has 3 rings (SSSR count). The molecule has 2 N–H and O–H groups in total. The predicted octanol–water partition coefficient (Wildman–Crippen LogP) is 0.660. The van der Waals surface area contributed by atoms with Crippen LogP contribution in [0.1, 0.15) is 18.1 Å². The molecule has 0 bridgehead atoms. The van der Waals surface area contributed by atoms with Gasteiger partial charge in [-0.15, -0.1) is 0 Å². The van der Waals surface area contributed by atoms with Crippen LogP contribution in [-0.4, -0.2) is 51.8 Å². The summed E-state index contributed by atoms with van der Waals surface area (Å²) in [7, 11) is 0. The topological polar surface area (TPSA) is 99.4 Å². The van der Waals surface area contributed by atoms with Gasteiger partial charge in [0, 0.05) is 5.56 Å². The Morgan fingerprint density at radius 2 is 2.00 bits per heavy atom. The van der Waals surface area contributed by atoms with Crippen molar-refractivity contribution in [2.75, 3.05) is 6.61 Å². The van der Waals surface area contributed by atoms with Crippen LogP contribution in [0.3, 0.4) is 0 Å². The number of aryl methyl sites for hydroxylation is 1. The third-order valence-electron chi connectivity index (χ3n) is 3.89. The number of hydrogen-bond acceptors (Lipinski definition) is 5. The number of amides is 1. The fourth-order valence-electron chi connectivity index (χ4n) is 2.60. The summed E-state index contributed by atoms with van der Waals surface area (Å²) >= 11 is 0. The van der Waals surface area contributed by atoms with Gasteiger partial charge in [0.15, 0.2) is 6.04 Å². The number of aliphatic imine (C=N–C) groups is 1. The molecule has 1 fully saturated rings. The Balaban J connectivity index is 1.87. The van der Waals surface area contributed by atoms with Gasteiger partial charge in [0.25, 0.3) is 5.91 Å². The van der Waals surface area contributed by atoms with Gasteiger partial charge in [-0.2, -0.15) is 0 Å². The van der Waals surface area contributed by atoms with E-state index in [1.165, 1.54) is 6.92 Å². The lowest BCUT2D eigenvalue weighted by molar-refractivity contribution is -0.162. The van der Waals surface area contributed by atoms with E-state index in [1.807, 2.05) is 31.2 Å². The standard InChI is InChI=1S/C16H16N2O5/c1-8-3-5-10(6-4-8)13-17-11-14(20)18(15(11)23-13)12(16(21)22)9(2)7-19/h3-6,11,15,19H,7H2,1-2H3,(H,21,22)/b12-9+/t11-,15-/m0/s1. The maximum atomic E-state index is 12.2. The van der Waals surface area contributed by atoms with Crippen LogP contribution in [0.15, 0.2) is 40.5 Å². The normalized spacial score (nSPS) is 23.5. The van der Waals surface area contributed by atoms with Crippen molar-refractivity contribution < 1.29 is 24.5 Å². The highest BCUT2D eigenvalue weighted by Gasteiger charge is 2.56. The van der Waals surface area contributed by atoms with Crippen molar-refractivity contribution in [1.82, 2.24) is 4.90 Å². The Bertz CT molecular complexity index is 735. The second-order valence-electron chi connectivity index (χ2n) is 5.55. The number of ether oxygens (including phenoxy) is 1. The number of aliphatic carboxylic acids is 1. The van der Waals surface area contributed by atoms with E-state index in [0.717, 1.165) is 16.0 Å². The summed E-state index contributed by atoms with van der Waals surface area (Å²) in [4.78, 5) is 28.9. The quantitative estimate of drug-likeness (QED) is 0.628. The minimum Gasteiger partial charge on any atom is -0.477 e. The van der Waals surface area contributed by atoms with Gasteiger partial charge in [0.2, 0.25) is 12.1 Å². The average Bonchev–Trinajstić information content (AvgIpc) is 2.92. The van der Waals surface area contributed by atoms with Crippen LogP contribution in [-0.2, 0) is 14.3 Å². The van der Waals surface area contributed by atoms with Crippen LogP contribution in [0, 0.1) is 6.92 Å². The summed E-state index contributed by atoms with van der Waals surface area (Å²) < 4.78 is 5.67. The van der Waals surface area contributed by atoms with E-state index < -0.39 is 30.8 Å². The number of fused-ring (bicyclic) bond motifs is 1. The molecule has 7 nitrogen and oxygen atoms in total.